The minimum Gasteiger partial charge on any atom is -0.467 e. The highest BCUT2D eigenvalue weighted by atomic mass is 35.5. The summed E-state index contributed by atoms with van der Waals surface area (Å²) in [5.74, 6) is -0.922. The van der Waals surface area contributed by atoms with Gasteiger partial charge in [-0.2, -0.15) is 0 Å². The zero-order chi connectivity index (χ0) is 25.0. The number of pyridine rings is 1. The number of anilines is 1. The van der Waals surface area contributed by atoms with E-state index < -0.39 is 34.5 Å². The van der Waals surface area contributed by atoms with Crippen LogP contribution >= 0.6 is 12.4 Å². The molecule has 1 atom stereocenters. The molecular formula is C25H25ClN4O5S. The lowest BCUT2D eigenvalue weighted by Crippen LogP contribution is -2.47. The average molecular weight is 529 g/mol. The van der Waals surface area contributed by atoms with Gasteiger partial charge in [-0.3, -0.25) is 4.79 Å². The summed E-state index contributed by atoms with van der Waals surface area (Å²) in [6, 6.07) is 18.3. The molecule has 11 heteroatoms. The van der Waals surface area contributed by atoms with E-state index in [1.165, 1.54) is 19.2 Å². The summed E-state index contributed by atoms with van der Waals surface area (Å²) >= 11 is 0. The van der Waals surface area contributed by atoms with E-state index in [2.05, 4.69) is 15.0 Å². The molecule has 0 aliphatic carbocycles. The van der Waals surface area contributed by atoms with E-state index in [0.29, 0.717) is 5.82 Å². The highest BCUT2D eigenvalue weighted by molar-refractivity contribution is 7.89. The Balaban J connectivity index is 0.00000361. The second-order valence-electron chi connectivity index (χ2n) is 7.93. The van der Waals surface area contributed by atoms with Crippen molar-refractivity contribution in [3.63, 3.8) is 0 Å². The number of aromatic nitrogens is 1. The third-order valence-electron chi connectivity index (χ3n) is 5.57. The fraction of sp³-hybridized carbons (Fsp3) is 0.160. The molecule has 0 aliphatic rings. The second kappa shape index (κ2) is 11.3. The van der Waals surface area contributed by atoms with Crippen molar-refractivity contribution in [2.75, 3.05) is 19.4 Å². The SMILES string of the molecule is COC(=O)C(Cc1ccc2c(N)nccc2c1)NC(=O)CNS(=O)(=O)c1ccc2ccccc2c1.Cl. The number of fused-ring (bicyclic) bond motifs is 2. The van der Waals surface area contributed by atoms with Crippen LogP contribution < -0.4 is 15.8 Å². The smallest absolute Gasteiger partial charge is 0.328 e. The molecule has 1 aromatic heterocycles. The summed E-state index contributed by atoms with van der Waals surface area (Å²) in [6.07, 6.45) is 1.73. The number of amides is 1. The highest BCUT2D eigenvalue weighted by Gasteiger charge is 2.23. The van der Waals surface area contributed by atoms with Crippen molar-refractivity contribution in [1.29, 1.82) is 0 Å². The molecule has 3 aromatic carbocycles. The van der Waals surface area contributed by atoms with Gasteiger partial charge in [-0.1, -0.05) is 48.5 Å². The lowest BCUT2D eigenvalue weighted by molar-refractivity contribution is -0.144. The second-order valence-corrected chi connectivity index (χ2v) is 9.70. The quantitative estimate of drug-likeness (QED) is 0.298. The fourth-order valence-corrected chi connectivity index (χ4v) is 4.79. The number of benzene rings is 3. The van der Waals surface area contributed by atoms with Gasteiger partial charge in [0.05, 0.1) is 18.6 Å². The van der Waals surface area contributed by atoms with Gasteiger partial charge in [0.15, 0.2) is 0 Å². The first-order valence-corrected chi connectivity index (χ1v) is 12.2. The number of hydrogen-bond acceptors (Lipinski definition) is 7. The van der Waals surface area contributed by atoms with Crippen molar-refractivity contribution in [2.24, 2.45) is 0 Å². The summed E-state index contributed by atoms with van der Waals surface area (Å²) in [6.45, 7) is -0.539. The van der Waals surface area contributed by atoms with E-state index in [0.717, 1.165) is 27.1 Å². The summed E-state index contributed by atoms with van der Waals surface area (Å²) in [4.78, 5) is 28.9. The summed E-state index contributed by atoms with van der Waals surface area (Å²) < 4.78 is 32.5. The van der Waals surface area contributed by atoms with Crippen LogP contribution in [0, 0.1) is 0 Å². The number of nitrogens with two attached hydrogens (primary N) is 1. The maximum atomic E-state index is 12.7. The van der Waals surface area contributed by atoms with Crippen LogP contribution in [0.25, 0.3) is 21.5 Å². The van der Waals surface area contributed by atoms with Gasteiger partial charge in [-0.05, 0) is 39.9 Å². The first-order chi connectivity index (χ1) is 16.8. The van der Waals surface area contributed by atoms with Crippen LogP contribution in [0.2, 0.25) is 0 Å². The van der Waals surface area contributed by atoms with E-state index in [9.17, 15) is 18.0 Å². The maximum Gasteiger partial charge on any atom is 0.328 e. The lowest BCUT2D eigenvalue weighted by Gasteiger charge is -2.17. The van der Waals surface area contributed by atoms with Crippen molar-refractivity contribution in [1.82, 2.24) is 15.0 Å². The van der Waals surface area contributed by atoms with Crippen LogP contribution in [0.4, 0.5) is 5.82 Å². The third kappa shape index (κ3) is 6.09. The van der Waals surface area contributed by atoms with Crippen LogP contribution in [-0.2, 0) is 30.8 Å². The van der Waals surface area contributed by atoms with E-state index in [1.54, 1.807) is 36.5 Å². The van der Waals surface area contributed by atoms with Gasteiger partial charge < -0.3 is 15.8 Å². The number of halogens is 1. The van der Waals surface area contributed by atoms with Gasteiger partial charge in [0, 0.05) is 18.0 Å². The molecule has 1 heterocycles. The number of carbonyl (C=O) groups excluding carboxylic acids is 2. The summed E-state index contributed by atoms with van der Waals surface area (Å²) in [5.41, 5.74) is 6.64. The largest absolute Gasteiger partial charge is 0.467 e. The molecule has 4 rings (SSSR count). The molecule has 188 valence electrons. The Morgan fingerprint density at radius 3 is 2.50 bits per heavy atom. The Kier molecular flexibility index (Phi) is 8.46. The molecule has 4 N–H and O–H groups in total. The van der Waals surface area contributed by atoms with Gasteiger partial charge in [0.2, 0.25) is 15.9 Å². The predicted octanol–water partition coefficient (Wildman–Crippen LogP) is 2.57. The Bertz CT molecular complexity index is 1530. The molecule has 9 nitrogen and oxygen atoms in total. The predicted molar refractivity (Wildman–Crippen MR) is 140 cm³/mol. The zero-order valence-electron chi connectivity index (χ0n) is 19.3. The van der Waals surface area contributed by atoms with Crippen molar-refractivity contribution in [2.45, 2.75) is 17.4 Å². The van der Waals surface area contributed by atoms with Gasteiger partial charge >= 0.3 is 5.97 Å². The van der Waals surface area contributed by atoms with Gasteiger partial charge in [0.25, 0.3) is 0 Å². The number of methoxy groups -OCH3 is 1. The van der Waals surface area contributed by atoms with E-state index >= 15 is 0 Å². The molecule has 36 heavy (non-hydrogen) atoms. The summed E-state index contributed by atoms with van der Waals surface area (Å²) in [5, 5.41) is 5.83. The Morgan fingerprint density at radius 1 is 1.00 bits per heavy atom. The van der Waals surface area contributed by atoms with Gasteiger partial charge in [0.1, 0.15) is 11.9 Å². The topological polar surface area (TPSA) is 140 Å². The van der Waals surface area contributed by atoms with Crippen LogP contribution in [-0.4, -0.2) is 45.0 Å². The number of sulfonamides is 1. The zero-order valence-corrected chi connectivity index (χ0v) is 20.9. The number of nitrogens with zero attached hydrogens (tertiary/aromatic N) is 1. The maximum absolute atomic E-state index is 12.7. The average Bonchev–Trinajstić information content (AvgIpc) is 2.86. The molecular weight excluding hydrogens is 504 g/mol. The Hall–Kier alpha value is -3.73. The van der Waals surface area contributed by atoms with Crippen LogP contribution in [0.3, 0.4) is 0 Å². The number of ether oxygens (including phenoxy) is 1. The van der Waals surface area contributed by atoms with Gasteiger partial charge in [-0.15, -0.1) is 12.4 Å². The lowest BCUT2D eigenvalue weighted by atomic mass is 10.0. The molecule has 1 amide bonds. The standard InChI is InChI=1S/C25H24N4O5S.ClH/c1-34-25(31)22(13-16-6-9-21-19(12-16)10-11-27-24(21)26)29-23(30)15-28-35(32,33)20-8-7-17-4-2-3-5-18(17)14-20;/h2-12,14,22,28H,13,15H2,1H3,(H2,26,27)(H,29,30);1H. The monoisotopic (exact) mass is 528 g/mol. The molecule has 4 aromatic rings. The molecule has 0 radical (unpaired) electrons. The third-order valence-corrected chi connectivity index (χ3v) is 6.97. The first-order valence-electron chi connectivity index (χ1n) is 10.8. The van der Waals surface area contributed by atoms with Crippen LogP contribution in [0.1, 0.15) is 5.56 Å². The molecule has 0 bridgehead atoms. The number of hydrogen-bond donors (Lipinski definition) is 3. The van der Waals surface area contributed by atoms with Crippen LogP contribution in [0.5, 0.6) is 0 Å². The fourth-order valence-electron chi connectivity index (χ4n) is 3.77. The number of carbonyl (C=O) groups is 2. The van der Waals surface area contributed by atoms with Crippen molar-refractivity contribution >= 4 is 61.7 Å². The number of rotatable bonds is 8. The molecule has 0 spiro atoms. The van der Waals surface area contributed by atoms with E-state index in [4.69, 9.17) is 10.5 Å². The first kappa shape index (κ1) is 26.9. The minimum atomic E-state index is -3.94. The molecule has 1 unspecified atom stereocenters. The molecule has 0 fully saturated rings. The molecule has 0 saturated carbocycles. The van der Waals surface area contributed by atoms with Crippen molar-refractivity contribution in [3.05, 3.63) is 78.5 Å². The van der Waals surface area contributed by atoms with Crippen LogP contribution in [0.15, 0.2) is 77.8 Å². The molecule has 0 aliphatic heterocycles. The minimum absolute atomic E-state index is 0. The Morgan fingerprint density at radius 2 is 1.75 bits per heavy atom. The van der Waals surface area contributed by atoms with E-state index in [-0.39, 0.29) is 23.7 Å². The normalized spacial score (nSPS) is 12.0. The highest BCUT2D eigenvalue weighted by Crippen LogP contribution is 2.21. The summed E-state index contributed by atoms with van der Waals surface area (Å²) in [7, 11) is -2.72. The Labute approximate surface area is 214 Å². The number of nitrogens with one attached hydrogen (secondary N) is 2. The van der Waals surface area contributed by atoms with Crippen molar-refractivity contribution < 1.29 is 22.7 Å². The van der Waals surface area contributed by atoms with Gasteiger partial charge in [-0.25, -0.2) is 22.9 Å². The number of esters is 1. The number of nitrogen functional groups attached to an aromatic ring is 1. The van der Waals surface area contributed by atoms with E-state index in [1.807, 2.05) is 24.3 Å². The molecule has 0 saturated heterocycles. The van der Waals surface area contributed by atoms with Crippen molar-refractivity contribution in [3.8, 4) is 0 Å².